The zero-order chi connectivity index (χ0) is 40.0. The molecule has 0 radical (unpaired) electrons. The minimum Gasteiger partial charge on any atom is -0.456 e. The van der Waals surface area contributed by atoms with Gasteiger partial charge in [0.2, 0.25) is 0 Å². The van der Waals surface area contributed by atoms with Gasteiger partial charge >= 0.3 is 0 Å². The SMILES string of the molecule is CC1(C)c2ccccc2-c2c(N(c3ccc4oc5ccccc5c4c3)c3ccc4c5cc(-c6ccccc6)cc(-c6ccccc6)c5n(-c5ccccc5)c4c3)cccc21. The second-order valence-electron chi connectivity index (χ2n) is 16.5. The number of hydrogen-bond donors (Lipinski definition) is 0. The molecule has 0 unspecified atom stereocenters. The smallest absolute Gasteiger partial charge is 0.135 e. The molecule has 1 aliphatic carbocycles. The molecular weight excluding hydrogens is 729 g/mol. The normalized spacial score (nSPS) is 13.0. The van der Waals surface area contributed by atoms with Crippen molar-refractivity contribution in [3.05, 3.63) is 217 Å². The number of fused-ring (bicyclic) bond motifs is 9. The van der Waals surface area contributed by atoms with Gasteiger partial charge in [-0.3, -0.25) is 0 Å². The second kappa shape index (κ2) is 13.2. The van der Waals surface area contributed by atoms with Crippen molar-refractivity contribution in [2.45, 2.75) is 19.3 Å². The number of nitrogens with zero attached hydrogens (tertiary/aromatic N) is 2. The minimum atomic E-state index is -0.147. The van der Waals surface area contributed by atoms with Crippen LogP contribution in [0.5, 0.6) is 0 Å². The van der Waals surface area contributed by atoms with Crippen LogP contribution in [0.1, 0.15) is 25.0 Å². The van der Waals surface area contributed by atoms with Gasteiger partial charge in [0.25, 0.3) is 0 Å². The van der Waals surface area contributed by atoms with Crippen molar-refractivity contribution in [3.63, 3.8) is 0 Å². The van der Waals surface area contributed by atoms with Gasteiger partial charge in [0, 0.05) is 55.1 Å². The average molecular weight is 769 g/mol. The molecule has 1 aliphatic rings. The molecule has 284 valence electrons. The first-order chi connectivity index (χ1) is 29.5. The topological polar surface area (TPSA) is 21.3 Å². The van der Waals surface area contributed by atoms with Gasteiger partial charge in [-0.1, -0.05) is 153 Å². The van der Waals surface area contributed by atoms with Crippen LogP contribution in [0.4, 0.5) is 17.1 Å². The number of hydrogen-bond acceptors (Lipinski definition) is 2. The van der Waals surface area contributed by atoms with E-state index in [0.29, 0.717) is 0 Å². The molecule has 12 rings (SSSR count). The molecule has 2 aromatic heterocycles. The molecule has 3 nitrogen and oxygen atoms in total. The predicted octanol–water partition coefficient (Wildman–Crippen LogP) is 15.8. The number of anilines is 3. The fourth-order valence-electron chi connectivity index (χ4n) is 9.96. The van der Waals surface area contributed by atoms with Gasteiger partial charge in [-0.05, 0) is 100 Å². The van der Waals surface area contributed by atoms with Crippen LogP contribution in [0.3, 0.4) is 0 Å². The second-order valence-corrected chi connectivity index (χ2v) is 16.5. The third kappa shape index (κ3) is 5.15. The molecule has 0 N–H and O–H groups in total. The van der Waals surface area contributed by atoms with Gasteiger partial charge in [0.1, 0.15) is 11.2 Å². The van der Waals surface area contributed by atoms with Crippen molar-refractivity contribution >= 4 is 60.8 Å². The average Bonchev–Trinajstić information content (AvgIpc) is 3.92. The van der Waals surface area contributed by atoms with Crippen LogP contribution < -0.4 is 4.90 Å². The zero-order valence-corrected chi connectivity index (χ0v) is 33.4. The highest BCUT2D eigenvalue weighted by Gasteiger charge is 2.38. The van der Waals surface area contributed by atoms with Gasteiger partial charge in [0.05, 0.1) is 16.7 Å². The number of furan rings is 1. The molecule has 0 bridgehead atoms. The maximum absolute atomic E-state index is 6.37. The van der Waals surface area contributed by atoms with Crippen LogP contribution in [0.15, 0.2) is 211 Å². The molecule has 3 heteroatoms. The van der Waals surface area contributed by atoms with E-state index in [1.807, 2.05) is 6.07 Å². The highest BCUT2D eigenvalue weighted by Crippen LogP contribution is 2.55. The van der Waals surface area contributed by atoms with Gasteiger partial charge in [-0.15, -0.1) is 0 Å². The number of rotatable bonds is 6. The summed E-state index contributed by atoms with van der Waals surface area (Å²) in [7, 11) is 0. The quantitative estimate of drug-likeness (QED) is 0.168. The first kappa shape index (κ1) is 34.4. The van der Waals surface area contributed by atoms with Crippen LogP contribution in [0, 0.1) is 0 Å². The molecular formula is C57H40N2O. The van der Waals surface area contributed by atoms with Gasteiger partial charge in [-0.2, -0.15) is 0 Å². The van der Waals surface area contributed by atoms with Crippen LogP contribution >= 0.6 is 0 Å². The maximum Gasteiger partial charge on any atom is 0.135 e. The lowest BCUT2D eigenvalue weighted by molar-refractivity contribution is 0.660. The van der Waals surface area contributed by atoms with E-state index in [2.05, 4.69) is 224 Å². The third-order valence-electron chi connectivity index (χ3n) is 12.8. The lowest BCUT2D eigenvalue weighted by Gasteiger charge is -2.29. The van der Waals surface area contributed by atoms with Crippen molar-refractivity contribution in [2.24, 2.45) is 0 Å². The maximum atomic E-state index is 6.37. The fourth-order valence-corrected chi connectivity index (χ4v) is 9.96. The molecule has 0 spiro atoms. The Hall–Kier alpha value is -7.62. The van der Waals surface area contributed by atoms with Crippen LogP contribution in [-0.2, 0) is 5.41 Å². The molecule has 9 aromatic carbocycles. The van der Waals surface area contributed by atoms with Crippen molar-refractivity contribution in [1.82, 2.24) is 4.57 Å². The Morgan fingerprint density at radius 3 is 1.90 bits per heavy atom. The fraction of sp³-hybridized carbons (Fsp3) is 0.0526. The number of aromatic nitrogens is 1. The van der Waals surface area contributed by atoms with Gasteiger partial charge in [-0.25, -0.2) is 0 Å². The minimum absolute atomic E-state index is 0.147. The molecule has 0 fully saturated rings. The largest absolute Gasteiger partial charge is 0.456 e. The highest BCUT2D eigenvalue weighted by molar-refractivity contribution is 6.16. The third-order valence-corrected chi connectivity index (χ3v) is 12.8. The van der Waals surface area contributed by atoms with E-state index in [1.54, 1.807) is 0 Å². The Balaban J connectivity index is 1.18. The van der Waals surface area contributed by atoms with E-state index in [1.165, 1.54) is 60.8 Å². The standard InChI is InChI=1S/C57H40N2O/c1-57(2)49-25-14-12-24-45(49)55-50(57)26-16-27-51(55)58(41-30-32-54-47(35-41)44-23-13-15-28-53(44)60-54)42-29-31-43-48-34-39(37-17-6-3-7-18-37)33-46(38-19-8-4-9-20-38)56(48)59(52(43)36-42)40-21-10-5-11-22-40/h3-36H,1-2H3. The Morgan fingerprint density at radius 2 is 1.08 bits per heavy atom. The lowest BCUT2D eigenvalue weighted by atomic mass is 9.82. The van der Waals surface area contributed by atoms with Crippen LogP contribution in [0.2, 0.25) is 0 Å². The summed E-state index contributed by atoms with van der Waals surface area (Å²) < 4.78 is 8.85. The molecule has 11 aromatic rings. The molecule has 0 amide bonds. The molecule has 0 atom stereocenters. The number of para-hydroxylation sites is 2. The van der Waals surface area contributed by atoms with E-state index >= 15 is 0 Å². The van der Waals surface area contributed by atoms with Crippen molar-refractivity contribution < 1.29 is 4.42 Å². The van der Waals surface area contributed by atoms with Crippen molar-refractivity contribution in [1.29, 1.82) is 0 Å². The van der Waals surface area contributed by atoms with E-state index < -0.39 is 0 Å². The first-order valence-corrected chi connectivity index (χ1v) is 20.8. The molecule has 0 saturated heterocycles. The van der Waals surface area contributed by atoms with E-state index in [-0.39, 0.29) is 5.41 Å². The monoisotopic (exact) mass is 768 g/mol. The Kier molecular flexibility index (Phi) is 7.58. The van der Waals surface area contributed by atoms with E-state index in [0.717, 1.165) is 50.2 Å². The van der Waals surface area contributed by atoms with Crippen molar-refractivity contribution in [3.8, 4) is 39.1 Å². The number of benzene rings is 9. The summed E-state index contributed by atoms with van der Waals surface area (Å²) in [5, 5.41) is 4.63. The summed E-state index contributed by atoms with van der Waals surface area (Å²) in [4.78, 5) is 2.47. The Labute approximate surface area is 349 Å². The van der Waals surface area contributed by atoms with Crippen molar-refractivity contribution in [2.75, 3.05) is 4.90 Å². The van der Waals surface area contributed by atoms with E-state index in [4.69, 9.17) is 4.42 Å². The molecule has 2 heterocycles. The zero-order valence-electron chi connectivity index (χ0n) is 33.4. The predicted molar refractivity (Wildman–Crippen MR) is 251 cm³/mol. The van der Waals surface area contributed by atoms with Crippen LogP contribution in [0.25, 0.3) is 82.8 Å². The summed E-state index contributed by atoms with van der Waals surface area (Å²) in [6.45, 7) is 4.71. The summed E-state index contributed by atoms with van der Waals surface area (Å²) in [5.74, 6) is 0. The first-order valence-electron chi connectivity index (χ1n) is 20.8. The molecule has 0 saturated carbocycles. The molecule has 60 heavy (non-hydrogen) atoms. The Bertz CT molecular complexity index is 3450. The Morgan fingerprint density at radius 1 is 0.433 bits per heavy atom. The summed E-state index contributed by atoms with van der Waals surface area (Å²) in [5.41, 5.74) is 18.4. The van der Waals surface area contributed by atoms with E-state index in [9.17, 15) is 0 Å². The van der Waals surface area contributed by atoms with Gasteiger partial charge in [0.15, 0.2) is 0 Å². The van der Waals surface area contributed by atoms with Crippen LogP contribution in [-0.4, -0.2) is 4.57 Å². The summed E-state index contributed by atoms with van der Waals surface area (Å²) >= 11 is 0. The summed E-state index contributed by atoms with van der Waals surface area (Å²) in [6, 6.07) is 75.0. The molecule has 0 aliphatic heterocycles. The summed E-state index contributed by atoms with van der Waals surface area (Å²) in [6.07, 6.45) is 0. The highest BCUT2D eigenvalue weighted by atomic mass is 16.3. The lowest BCUT2D eigenvalue weighted by Crippen LogP contribution is -2.16. The van der Waals surface area contributed by atoms with Gasteiger partial charge < -0.3 is 13.9 Å².